The number of nitrogens with one attached hydrogen (secondary N) is 2. The van der Waals surface area contributed by atoms with Gasteiger partial charge in [-0.1, -0.05) is 42.5 Å². The van der Waals surface area contributed by atoms with Crippen LogP contribution in [0.1, 0.15) is 10.4 Å². The summed E-state index contributed by atoms with van der Waals surface area (Å²) < 4.78 is 0. The number of hydroxylamine groups is 1. The maximum absolute atomic E-state index is 12.0. The SMILES string of the molecule is NC(=O)C(NC(=O)c1ccc(-c2ccccc2)cc1)C(=O)NO. The summed E-state index contributed by atoms with van der Waals surface area (Å²) in [6.07, 6.45) is 0. The van der Waals surface area contributed by atoms with Crippen LogP contribution in [0.4, 0.5) is 0 Å². The van der Waals surface area contributed by atoms with Gasteiger partial charge in [0.25, 0.3) is 11.8 Å². The highest BCUT2D eigenvalue weighted by Gasteiger charge is 2.26. The molecule has 0 heterocycles. The van der Waals surface area contributed by atoms with E-state index in [1.54, 1.807) is 24.3 Å². The fourth-order valence-electron chi connectivity index (χ4n) is 1.99. The quantitative estimate of drug-likeness (QED) is 0.363. The molecule has 1 atom stereocenters. The molecule has 0 spiro atoms. The number of carbonyl (C=O) groups excluding carboxylic acids is 3. The third kappa shape index (κ3) is 3.92. The monoisotopic (exact) mass is 313 g/mol. The molecule has 1 unspecified atom stereocenters. The lowest BCUT2D eigenvalue weighted by molar-refractivity contribution is -0.136. The lowest BCUT2D eigenvalue weighted by atomic mass is 10.0. The third-order valence-electron chi connectivity index (χ3n) is 3.19. The Morgan fingerprint density at radius 1 is 0.913 bits per heavy atom. The van der Waals surface area contributed by atoms with Crippen LogP contribution in [0.5, 0.6) is 0 Å². The van der Waals surface area contributed by atoms with Crippen LogP contribution in [0, 0.1) is 0 Å². The van der Waals surface area contributed by atoms with Crippen molar-refractivity contribution >= 4 is 17.7 Å². The number of amides is 3. The fraction of sp³-hybridized carbons (Fsp3) is 0.0625. The van der Waals surface area contributed by atoms with Crippen molar-refractivity contribution in [2.24, 2.45) is 5.73 Å². The Bertz CT molecular complexity index is 714. The number of hydrogen-bond acceptors (Lipinski definition) is 4. The molecule has 2 aromatic rings. The smallest absolute Gasteiger partial charge is 0.275 e. The van der Waals surface area contributed by atoms with Gasteiger partial charge < -0.3 is 11.1 Å². The van der Waals surface area contributed by atoms with Gasteiger partial charge in [0.2, 0.25) is 5.91 Å². The van der Waals surface area contributed by atoms with Gasteiger partial charge in [-0.3, -0.25) is 19.6 Å². The van der Waals surface area contributed by atoms with Crippen molar-refractivity contribution in [1.82, 2.24) is 10.8 Å². The van der Waals surface area contributed by atoms with Crippen molar-refractivity contribution in [3.8, 4) is 11.1 Å². The van der Waals surface area contributed by atoms with E-state index in [0.717, 1.165) is 11.1 Å². The molecule has 0 radical (unpaired) electrons. The van der Waals surface area contributed by atoms with E-state index in [0.29, 0.717) is 0 Å². The summed E-state index contributed by atoms with van der Waals surface area (Å²) in [4.78, 5) is 34.5. The first-order chi connectivity index (χ1) is 11.0. The summed E-state index contributed by atoms with van der Waals surface area (Å²) in [5.74, 6) is -2.84. The second kappa shape index (κ2) is 7.19. The Balaban J connectivity index is 2.14. The maximum Gasteiger partial charge on any atom is 0.275 e. The van der Waals surface area contributed by atoms with Crippen molar-refractivity contribution in [2.75, 3.05) is 0 Å². The zero-order chi connectivity index (χ0) is 16.8. The summed E-state index contributed by atoms with van der Waals surface area (Å²) in [5.41, 5.74) is 8.46. The molecule has 0 bridgehead atoms. The van der Waals surface area contributed by atoms with Crippen molar-refractivity contribution in [3.05, 3.63) is 60.2 Å². The van der Waals surface area contributed by atoms with E-state index in [1.807, 2.05) is 30.3 Å². The molecule has 0 aromatic heterocycles. The minimum Gasteiger partial charge on any atom is -0.367 e. The molecular formula is C16H15N3O4. The number of benzene rings is 2. The molecule has 0 saturated carbocycles. The zero-order valence-corrected chi connectivity index (χ0v) is 12.0. The molecule has 5 N–H and O–H groups in total. The predicted octanol–water partition coefficient (Wildman–Crippen LogP) is 0.443. The van der Waals surface area contributed by atoms with Gasteiger partial charge in [0.15, 0.2) is 6.04 Å². The van der Waals surface area contributed by atoms with E-state index < -0.39 is 23.8 Å². The van der Waals surface area contributed by atoms with Crippen LogP contribution in [0.25, 0.3) is 11.1 Å². The van der Waals surface area contributed by atoms with E-state index in [1.165, 1.54) is 5.48 Å². The molecule has 0 fully saturated rings. The van der Waals surface area contributed by atoms with Gasteiger partial charge in [-0.05, 0) is 23.3 Å². The molecule has 7 nitrogen and oxygen atoms in total. The summed E-state index contributed by atoms with van der Waals surface area (Å²) in [7, 11) is 0. The maximum atomic E-state index is 12.0. The van der Waals surface area contributed by atoms with Crippen molar-refractivity contribution in [3.63, 3.8) is 0 Å². The summed E-state index contributed by atoms with van der Waals surface area (Å²) in [5, 5.41) is 10.7. The molecule has 2 rings (SSSR count). The number of nitrogens with two attached hydrogens (primary N) is 1. The Kier molecular flexibility index (Phi) is 5.06. The van der Waals surface area contributed by atoms with Gasteiger partial charge in [0, 0.05) is 5.56 Å². The van der Waals surface area contributed by atoms with E-state index in [2.05, 4.69) is 5.32 Å². The third-order valence-corrected chi connectivity index (χ3v) is 3.19. The molecular weight excluding hydrogens is 298 g/mol. The number of rotatable bonds is 5. The molecule has 0 aliphatic carbocycles. The van der Waals surface area contributed by atoms with E-state index in [9.17, 15) is 14.4 Å². The van der Waals surface area contributed by atoms with E-state index >= 15 is 0 Å². The minimum absolute atomic E-state index is 0.252. The summed E-state index contributed by atoms with van der Waals surface area (Å²) in [6, 6.07) is 14.5. The van der Waals surface area contributed by atoms with E-state index in [-0.39, 0.29) is 5.56 Å². The van der Waals surface area contributed by atoms with Crippen LogP contribution in [-0.4, -0.2) is 29.0 Å². The van der Waals surface area contributed by atoms with Gasteiger partial charge in [-0.15, -0.1) is 0 Å². The number of hydrogen-bond donors (Lipinski definition) is 4. The summed E-state index contributed by atoms with van der Waals surface area (Å²) in [6.45, 7) is 0. The highest BCUT2D eigenvalue weighted by atomic mass is 16.5. The second-order valence-corrected chi connectivity index (χ2v) is 4.73. The van der Waals surface area contributed by atoms with Gasteiger partial charge in [-0.25, -0.2) is 5.48 Å². The van der Waals surface area contributed by atoms with Gasteiger partial charge in [0.05, 0.1) is 0 Å². The van der Waals surface area contributed by atoms with Crippen LogP contribution in [0.2, 0.25) is 0 Å². The molecule has 2 aromatic carbocycles. The second-order valence-electron chi connectivity index (χ2n) is 4.73. The van der Waals surface area contributed by atoms with Gasteiger partial charge >= 0.3 is 0 Å². The highest BCUT2D eigenvalue weighted by Crippen LogP contribution is 2.19. The first-order valence-electron chi connectivity index (χ1n) is 6.72. The minimum atomic E-state index is -1.65. The first kappa shape index (κ1) is 16.2. The van der Waals surface area contributed by atoms with Crippen LogP contribution in [0.15, 0.2) is 54.6 Å². The van der Waals surface area contributed by atoms with Gasteiger partial charge in [-0.2, -0.15) is 0 Å². The molecule has 23 heavy (non-hydrogen) atoms. The Morgan fingerprint density at radius 3 is 2.00 bits per heavy atom. The normalized spacial score (nSPS) is 11.3. The first-order valence-corrected chi connectivity index (χ1v) is 6.72. The highest BCUT2D eigenvalue weighted by molar-refractivity contribution is 6.08. The van der Waals surface area contributed by atoms with Crippen molar-refractivity contribution in [2.45, 2.75) is 6.04 Å². The van der Waals surface area contributed by atoms with Crippen molar-refractivity contribution < 1.29 is 19.6 Å². The van der Waals surface area contributed by atoms with Gasteiger partial charge in [0.1, 0.15) is 0 Å². The topological polar surface area (TPSA) is 122 Å². The average molecular weight is 313 g/mol. The molecule has 0 aliphatic rings. The molecule has 0 saturated heterocycles. The average Bonchev–Trinajstić information content (AvgIpc) is 2.59. The summed E-state index contributed by atoms with van der Waals surface area (Å²) >= 11 is 0. The Labute approximate surface area is 132 Å². The zero-order valence-electron chi connectivity index (χ0n) is 12.0. The van der Waals surface area contributed by atoms with Crippen molar-refractivity contribution in [1.29, 1.82) is 0 Å². The number of primary amides is 1. The molecule has 3 amide bonds. The van der Waals surface area contributed by atoms with Crippen LogP contribution >= 0.6 is 0 Å². The Morgan fingerprint density at radius 2 is 1.48 bits per heavy atom. The molecule has 7 heteroatoms. The van der Waals surface area contributed by atoms with Crippen LogP contribution in [-0.2, 0) is 9.59 Å². The molecule has 118 valence electrons. The number of carbonyl (C=O) groups is 3. The lowest BCUT2D eigenvalue weighted by Gasteiger charge is -2.13. The Hall–Kier alpha value is -3.19. The lowest BCUT2D eigenvalue weighted by Crippen LogP contribution is -2.53. The fourth-order valence-corrected chi connectivity index (χ4v) is 1.99. The standard InChI is InChI=1S/C16H15N3O4/c17-14(20)13(16(22)19-23)18-15(21)12-8-6-11(7-9-12)10-4-2-1-3-5-10/h1-9,13,23H,(H2,17,20)(H,18,21)(H,19,22). The largest absolute Gasteiger partial charge is 0.367 e. The van der Waals surface area contributed by atoms with E-state index in [4.69, 9.17) is 10.9 Å². The predicted molar refractivity (Wildman–Crippen MR) is 82.3 cm³/mol. The molecule has 0 aliphatic heterocycles. The van der Waals surface area contributed by atoms with Crippen LogP contribution in [0.3, 0.4) is 0 Å². The van der Waals surface area contributed by atoms with Crippen LogP contribution < -0.4 is 16.5 Å².